The fourth-order valence-corrected chi connectivity index (χ4v) is 2.38. The average Bonchev–Trinajstić information content (AvgIpc) is 2.42. The van der Waals surface area contributed by atoms with Crippen molar-refractivity contribution in [1.29, 1.82) is 0 Å². The fraction of sp³-hybridized carbons (Fsp3) is 0.471. The van der Waals surface area contributed by atoms with Crippen LogP contribution in [0.1, 0.15) is 41.8 Å². The minimum Gasteiger partial charge on any atom is -0.480 e. The molecular formula is C17H23NO5. The molecule has 6 heteroatoms. The number of aliphatic carboxylic acids is 1. The van der Waals surface area contributed by atoms with Crippen molar-refractivity contribution >= 4 is 17.8 Å². The van der Waals surface area contributed by atoms with Crippen LogP contribution in [0.3, 0.4) is 0 Å². The van der Waals surface area contributed by atoms with Gasteiger partial charge in [-0.3, -0.25) is 9.59 Å². The lowest BCUT2D eigenvalue weighted by molar-refractivity contribution is -0.145. The zero-order valence-electron chi connectivity index (χ0n) is 13.9. The molecule has 0 aliphatic rings. The Morgan fingerprint density at radius 3 is 2.22 bits per heavy atom. The lowest BCUT2D eigenvalue weighted by Gasteiger charge is -2.21. The summed E-state index contributed by atoms with van der Waals surface area (Å²) in [5.41, 5.74) is 2.24. The van der Waals surface area contributed by atoms with Crippen molar-refractivity contribution < 1.29 is 24.2 Å². The highest BCUT2D eigenvalue weighted by molar-refractivity contribution is 5.97. The lowest BCUT2D eigenvalue weighted by Crippen LogP contribution is -2.45. The van der Waals surface area contributed by atoms with Gasteiger partial charge in [-0.2, -0.15) is 0 Å². The Balaban J connectivity index is 2.84. The van der Waals surface area contributed by atoms with E-state index in [1.54, 1.807) is 26.0 Å². The number of rotatable bonds is 7. The van der Waals surface area contributed by atoms with Crippen molar-refractivity contribution in [2.45, 2.75) is 40.2 Å². The van der Waals surface area contributed by atoms with Crippen LogP contribution in [-0.4, -0.2) is 35.6 Å². The molecule has 0 radical (unpaired) electrons. The topological polar surface area (TPSA) is 92.7 Å². The van der Waals surface area contributed by atoms with Gasteiger partial charge >= 0.3 is 11.9 Å². The Hall–Kier alpha value is -2.37. The number of carboxylic acids is 1. The molecule has 0 heterocycles. The molecule has 0 aliphatic carbocycles. The highest BCUT2D eigenvalue weighted by Gasteiger charge is 2.29. The molecule has 0 bridgehead atoms. The van der Waals surface area contributed by atoms with E-state index in [9.17, 15) is 19.5 Å². The monoisotopic (exact) mass is 321 g/mol. The van der Waals surface area contributed by atoms with E-state index in [-0.39, 0.29) is 13.0 Å². The van der Waals surface area contributed by atoms with E-state index in [0.29, 0.717) is 5.56 Å². The van der Waals surface area contributed by atoms with Crippen molar-refractivity contribution in [1.82, 2.24) is 5.32 Å². The molecule has 6 nitrogen and oxygen atoms in total. The van der Waals surface area contributed by atoms with Crippen LogP contribution in [-0.2, 0) is 14.3 Å². The number of carboxylic acid groups (broad SMARTS) is 1. The lowest BCUT2D eigenvalue weighted by atomic mass is 9.97. The SMILES string of the molecule is CCOC(=O)C[C@H](C)[C@H](NC(=O)c1cc(C)cc(C)c1)C(=O)O. The van der Waals surface area contributed by atoms with Gasteiger partial charge in [-0.15, -0.1) is 0 Å². The molecule has 0 fully saturated rings. The average molecular weight is 321 g/mol. The van der Waals surface area contributed by atoms with Crippen molar-refractivity contribution in [3.63, 3.8) is 0 Å². The second-order valence-corrected chi connectivity index (χ2v) is 5.65. The van der Waals surface area contributed by atoms with Gasteiger partial charge in [0.15, 0.2) is 0 Å². The third-order valence-electron chi connectivity index (χ3n) is 3.40. The number of nitrogens with one attached hydrogen (secondary N) is 1. The van der Waals surface area contributed by atoms with Gasteiger partial charge in [-0.05, 0) is 38.8 Å². The van der Waals surface area contributed by atoms with Crippen LogP contribution in [0.4, 0.5) is 0 Å². The first-order valence-corrected chi connectivity index (χ1v) is 7.52. The maximum Gasteiger partial charge on any atom is 0.326 e. The summed E-state index contributed by atoms with van der Waals surface area (Å²) < 4.78 is 4.82. The van der Waals surface area contributed by atoms with Crippen LogP contribution in [0.5, 0.6) is 0 Å². The van der Waals surface area contributed by atoms with E-state index >= 15 is 0 Å². The molecule has 0 saturated heterocycles. The third-order valence-corrected chi connectivity index (χ3v) is 3.40. The zero-order valence-corrected chi connectivity index (χ0v) is 13.9. The smallest absolute Gasteiger partial charge is 0.326 e. The molecule has 2 atom stereocenters. The summed E-state index contributed by atoms with van der Waals surface area (Å²) in [4.78, 5) is 35.2. The van der Waals surface area contributed by atoms with Gasteiger partial charge in [0.05, 0.1) is 13.0 Å². The number of hydrogen-bond acceptors (Lipinski definition) is 4. The summed E-state index contributed by atoms with van der Waals surface area (Å²) in [5.74, 6) is -2.72. The number of carbonyl (C=O) groups excluding carboxylic acids is 2. The minimum atomic E-state index is -1.18. The predicted octanol–water partition coefficient (Wildman–Crippen LogP) is 2.08. The zero-order chi connectivity index (χ0) is 17.6. The Bertz CT molecular complexity index is 576. The van der Waals surface area contributed by atoms with Crippen LogP contribution in [0, 0.1) is 19.8 Å². The van der Waals surface area contributed by atoms with Crippen molar-refractivity contribution in [2.75, 3.05) is 6.61 Å². The van der Waals surface area contributed by atoms with Crippen LogP contribution in [0.25, 0.3) is 0 Å². The molecule has 0 unspecified atom stereocenters. The molecule has 1 aromatic carbocycles. The molecular weight excluding hydrogens is 298 g/mol. The maximum absolute atomic E-state index is 12.3. The molecule has 0 aromatic heterocycles. The standard InChI is InChI=1S/C17H23NO5/c1-5-23-14(19)9-12(4)15(17(21)22)18-16(20)13-7-10(2)6-11(3)8-13/h6-8,12,15H,5,9H2,1-4H3,(H,18,20)(H,21,22)/t12-,15-/m0/s1. The van der Waals surface area contributed by atoms with E-state index in [1.165, 1.54) is 0 Å². The van der Waals surface area contributed by atoms with Gasteiger partial charge in [-0.1, -0.05) is 24.1 Å². The van der Waals surface area contributed by atoms with Crippen LogP contribution in [0.15, 0.2) is 18.2 Å². The van der Waals surface area contributed by atoms with E-state index in [0.717, 1.165) is 11.1 Å². The Labute approximate surface area is 135 Å². The quantitative estimate of drug-likeness (QED) is 0.750. The largest absolute Gasteiger partial charge is 0.480 e. The first-order chi connectivity index (χ1) is 10.7. The molecule has 2 N–H and O–H groups in total. The number of aryl methyl sites for hydroxylation is 2. The highest BCUT2D eigenvalue weighted by Crippen LogP contribution is 2.13. The van der Waals surface area contributed by atoms with E-state index < -0.39 is 29.8 Å². The summed E-state index contributed by atoms with van der Waals surface area (Å²) in [6, 6.07) is 4.15. The molecule has 0 spiro atoms. The Morgan fingerprint density at radius 2 is 1.74 bits per heavy atom. The van der Waals surface area contributed by atoms with Crippen molar-refractivity contribution in [2.24, 2.45) is 5.92 Å². The first-order valence-electron chi connectivity index (χ1n) is 7.52. The molecule has 0 saturated carbocycles. The third kappa shape index (κ3) is 5.73. The number of ether oxygens (including phenoxy) is 1. The molecule has 0 aliphatic heterocycles. The Kier molecular flexibility index (Phi) is 6.75. The van der Waals surface area contributed by atoms with Gasteiger partial charge in [-0.25, -0.2) is 4.79 Å². The van der Waals surface area contributed by atoms with Gasteiger partial charge in [0.1, 0.15) is 6.04 Å². The van der Waals surface area contributed by atoms with Gasteiger partial charge in [0.25, 0.3) is 5.91 Å². The number of carbonyl (C=O) groups is 3. The number of hydrogen-bond donors (Lipinski definition) is 2. The van der Waals surface area contributed by atoms with Gasteiger partial charge < -0.3 is 15.2 Å². The van der Waals surface area contributed by atoms with E-state index in [4.69, 9.17) is 4.74 Å². The van der Waals surface area contributed by atoms with Crippen molar-refractivity contribution in [3.8, 4) is 0 Å². The molecule has 1 rings (SSSR count). The van der Waals surface area contributed by atoms with E-state index in [2.05, 4.69) is 5.32 Å². The van der Waals surface area contributed by atoms with Crippen LogP contribution < -0.4 is 5.32 Å². The molecule has 1 amide bonds. The predicted molar refractivity (Wildman–Crippen MR) is 85.2 cm³/mol. The normalized spacial score (nSPS) is 13.0. The molecule has 23 heavy (non-hydrogen) atoms. The van der Waals surface area contributed by atoms with Gasteiger partial charge in [0, 0.05) is 5.56 Å². The number of amides is 1. The van der Waals surface area contributed by atoms with Crippen LogP contribution in [0.2, 0.25) is 0 Å². The minimum absolute atomic E-state index is 0.0715. The van der Waals surface area contributed by atoms with Crippen molar-refractivity contribution in [3.05, 3.63) is 34.9 Å². The first kappa shape index (κ1) is 18.7. The molecule has 126 valence electrons. The summed E-state index contributed by atoms with van der Waals surface area (Å²) >= 11 is 0. The second kappa shape index (κ2) is 8.31. The van der Waals surface area contributed by atoms with Gasteiger partial charge in [0.2, 0.25) is 0 Å². The molecule has 1 aromatic rings. The Morgan fingerprint density at radius 1 is 1.17 bits per heavy atom. The second-order valence-electron chi connectivity index (χ2n) is 5.65. The number of benzene rings is 1. The highest BCUT2D eigenvalue weighted by atomic mass is 16.5. The van der Waals surface area contributed by atoms with Crippen LogP contribution >= 0.6 is 0 Å². The number of esters is 1. The summed E-state index contributed by atoms with van der Waals surface area (Å²) in [7, 11) is 0. The van der Waals surface area contributed by atoms with E-state index in [1.807, 2.05) is 19.9 Å². The summed E-state index contributed by atoms with van der Waals surface area (Å²) in [6.07, 6.45) is -0.0715. The summed E-state index contributed by atoms with van der Waals surface area (Å²) in [5, 5.41) is 11.8. The summed E-state index contributed by atoms with van der Waals surface area (Å²) in [6.45, 7) is 7.23. The fourth-order valence-electron chi connectivity index (χ4n) is 2.38. The maximum atomic E-state index is 12.3.